The molecule has 0 saturated heterocycles. The summed E-state index contributed by atoms with van der Waals surface area (Å²) in [5.74, 6) is 0. The van der Waals surface area contributed by atoms with Crippen molar-refractivity contribution in [2.75, 3.05) is 13.7 Å². The Bertz CT molecular complexity index is 201. The van der Waals surface area contributed by atoms with Crippen LogP contribution in [0.5, 0.6) is 0 Å². The fourth-order valence-corrected chi connectivity index (χ4v) is 2.17. The van der Waals surface area contributed by atoms with Crippen LogP contribution >= 0.6 is 0 Å². The van der Waals surface area contributed by atoms with Gasteiger partial charge in [-0.2, -0.15) is 8.42 Å². The third-order valence-electron chi connectivity index (χ3n) is 1.83. The molecule has 0 amide bonds. The second-order valence-corrected chi connectivity index (χ2v) is 4.61. The Balaban J connectivity index is 4.15. The summed E-state index contributed by atoms with van der Waals surface area (Å²) in [7, 11) is -2.14. The van der Waals surface area contributed by atoms with Gasteiger partial charge in [0.05, 0.1) is 12.4 Å². The van der Waals surface area contributed by atoms with Crippen LogP contribution in [0, 0.1) is 0 Å². The summed E-state index contributed by atoms with van der Waals surface area (Å²) in [5.41, 5.74) is 5.28. The predicted molar refractivity (Wildman–Crippen MR) is 48.3 cm³/mol. The average Bonchev–Trinajstić information content (AvgIpc) is 2.05. The zero-order chi connectivity index (χ0) is 9.61. The maximum absolute atomic E-state index is 11.2. The van der Waals surface area contributed by atoms with Gasteiger partial charge in [0.1, 0.15) is 0 Å². The first-order valence-corrected chi connectivity index (χ1v) is 5.55. The van der Waals surface area contributed by atoms with Gasteiger partial charge >= 0.3 is 0 Å². The molecule has 1 atom stereocenters. The molecule has 0 radical (unpaired) electrons. The van der Waals surface area contributed by atoms with Crippen LogP contribution in [-0.2, 0) is 14.3 Å². The Morgan fingerprint density at radius 1 is 1.50 bits per heavy atom. The quantitative estimate of drug-likeness (QED) is 0.626. The lowest BCUT2D eigenvalue weighted by Gasteiger charge is -2.12. The molecule has 0 aromatic rings. The molecule has 2 N–H and O–H groups in total. The average molecular weight is 195 g/mol. The van der Waals surface area contributed by atoms with E-state index in [-0.39, 0.29) is 0 Å². The summed E-state index contributed by atoms with van der Waals surface area (Å²) >= 11 is 0. The second kappa shape index (κ2) is 5.50. The van der Waals surface area contributed by atoms with Crippen LogP contribution in [0.3, 0.4) is 0 Å². The highest BCUT2D eigenvalue weighted by Crippen LogP contribution is 2.13. The van der Waals surface area contributed by atoms with Gasteiger partial charge in [0, 0.05) is 0 Å². The summed E-state index contributed by atoms with van der Waals surface area (Å²) in [4.78, 5) is 0. The summed E-state index contributed by atoms with van der Waals surface area (Å²) < 4.78 is 26.8. The lowest BCUT2D eigenvalue weighted by atomic mass is 10.2. The second-order valence-electron chi connectivity index (χ2n) is 2.62. The van der Waals surface area contributed by atoms with Gasteiger partial charge in [-0.15, -0.1) is 0 Å². The van der Waals surface area contributed by atoms with Gasteiger partial charge in [0.25, 0.3) is 10.1 Å². The first-order chi connectivity index (χ1) is 5.58. The lowest BCUT2D eigenvalue weighted by Crippen LogP contribution is -2.22. The summed E-state index contributed by atoms with van der Waals surface area (Å²) in [6.07, 6.45) is 1.89. The predicted octanol–water partition coefficient (Wildman–Crippen LogP) is 0.480. The normalized spacial score (nSPS) is 14.6. The van der Waals surface area contributed by atoms with Crippen molar-refractivity contribution in [3.05, 3.63) is 0 Å². The van der Waals surface area contributed by atoms with Gasteiger partial charge in [-0.1, -0.05) is 6.92 Å². The molecule has 0 heterocycles. The first-order valence-electron chi connectivity index (χ1n) is 4.08. The van der Waals surface area contributed by atoms with Gasteiger partial charge in [-0.3, -0.25) is 4.18 Å². The number of nitrogens with two attached hydrogens (primary N) is 1. The first kappa shape index (κ1) is 11.9. The molecule has 12 heavy (non-hydrogen) atoms. The van der Waals surface area contributed by atoms with Gasteiger partial charge in [-0.25, -0.2) is 0 Å². The lowest BCUT2D eigenvalue weighted by molar-refractivity contribution is 0.382. The zero-order valence-corrected chi connectivity index (χ0v) is 8.43. The minimum Gasteiger partial charge on any atom is -0.330 e. The van der Waals surface area contributed by atoms with Gasteiger partial charge in [0.15, 0.2) is 0 Å². The Hall–Kier alpha value is -0.130. The maximum atomic E-state index is 11.2. The minimum absolute atomic E-state index is 0.397. The Morgan fingerprint density at radius 3 is 2.42 bits per heavy atom. The summed E-state index contributed by atoms with van der Waals surface area (Å²) in [6, 6.07) is 0. The highest BCUT2D eigenvalue weighted by Gasteiger charge is 2.22. The van der Waals surface area contributed by atoms with Crippen molar-refractivity contribution in [3.63, 3.8) is 0 Å². The van der Waals surface area contributed by atoms with Crippen LogP contribution in [0.1, 0.15) is 26.2 Å². The molecule has 4 nitrogen and oxygen atoms in total. The zero-order valence-electron chi connectivity index (χ0n) is 7.62. The molecule has 0 aromatic heterocycles. The Labute approximate surface area is 74.2 Å². The monoisotopic (exact) mass is 195 g/mol. The van der Waals surface area contributed by atoms with Crippen LogP contribution in [-0.4, -0.2) is 27.3 Å². The highest BCUT2D eigenvalue weighted by molar-refractivity contribution is 7.87. The van der Waals surface area contributed by atoms with Gasteiger partial charge in [0.2, 0.25) is 0 Å². The molecule has 0 saturated carbocycles. The van der Waals surface area contributed by atoms with Crippen molar-refractivity contribution < 1.29 is 12.6 Å². The van der Waals surface area contributed by atoms with Crippen molar-refractivity contribution in [2.24, 2.45) is 5.73 Å². The topological polar surface area (TPSA) is 69.4 Å². The number of rotatable bonds is 6. The standard InChI is InChI=1S/C7H17NO3S/c1-3-7(5-4-6-8)12(9,10)11-2/h7H,3-6,8H2,1-2H3. The Morgan fingerprint density at radius 2 is 2.08 bits per heavy atom. The van der Waals surface area contributed by atoms with E-state index in [1.807, 2.05) is 6.92 Å². The van der Waals surface area contributed by atoms with E-state index in [1.54, 1.807) is 0 Å². The van der Waals surface area contributed by atoms with Crippen LogP contribution in [0.4, 0.5) is 0 Å². The summed E-state index contributed by atoms with van der Waals surface area (Å²) in [6.45, 7) is 2.35. The fourth-order valence-electron chi connectivity index (χ4n) is 1.03. The third-order valence-corrected chi connectivity index (χ3v) is 3.68. The van der Waals surface area contributed by atoms with E-state index >= 15 is 0 Å². The molecule has 0 aromatic carbocycles. The third kappa shape index (κ3) is 3.51. The number of hydrogen-bond donors (Lipinski definition) is 1. The fraction of sp³-hybridized carbons (Fsp3) is 1.00. The van der Waals surface area contributed by atoms with E-state index in [0.717, 1.165) is 6.42 Å². The van der Waals surface area contributed by atoms with Crippen molar-refractivity contribution in [2.45, 2.75) is 31.4 Å². The van der Waals surface area contributed by atoms with Gasteiger partial charge < -0.3 is 5.73 Å². The molecular weight excluding hydrogens is 178 g/mol. The van der Waals surface area contributed by atoms with Crippen molar-refractivity contribution >= 4 is 10.1 Å². The van der Waals surface area contributed by atoms with Crippen molar-refractivity contribution in [3.8, 4) is 0 Å². The molecule has 0 aliphatic carbocycles. The molecule has 74 valence electrons. The van der Waals surface area contributed by atoms with E-state index in [9.17, 15) is 8.42 Å². The van der Waals surface area contributed by atoms with E-state index in [0.29, 0.717) is 19.4 Å². The summed E-state index contributed by atoms with van der Waals surface area (Å²) in [5, 5.41) is -0.397. The van der Waals surface area contributed by atoms with Crippen LogP contribution < -0.4 is 5.73 Å². The highest BCUT2D eigenvalue weighted by atomic mass is 32.2. The molecule has 0 aliphatic rings. The van der Waals surface area contributed by atoms with Crippen molar-refractivity contribution in [1.29, 1.82) is 0 Å². The minimum atomic E-state index is -3.34. The van der Waals surface area contributed by atoms with E-state index in [1.165, 1.54) is 7.11 Å². The van der Waals surface area contributed by atoms with E-state index in [4.69, 9.17) is 5.73 Å². The molecule has 1 unspecified atom stereocenters. The molecule has 0 fully saturated rings. The van der Waals surface area contributed by atoms with Crippen molar-refractivity contribution in [1.82, 2.24) is 0 Å². The molecule has 0 rings (SSSR count). The Kier molecular flexibility index (Phi) is 5.44. The smallest absolute Gasteiger partial charge is 0.269 e. The van der Waals surface area contributed by atoms with E-state index in [2.05, 4.69) is 4.18 Å². The molecule has 5 heteroatoms. The molecule has 0 aliphatic heterocycles. The van der Waals surface area contributed by atoms with Crippen LogP contribution in [0.25, 0.3) is 0 Å². The van der Waals surface area contributed by atoms with Crippen LogP contribution in [0.15, 0.2) is 0 Å². The number of hydrogen-bond acceptors (Lipinski definition) is 4. The van der Waals surface area contributed by atoms with Crippen LogP contribution in [0.2, 0.25) is 0 Å². The molecule has 0 bridgehead atoms. The van der Waals surface area contributed by atoms with E-state index < -0.39 is 15.4 Å². The molecular formula is C7H17NO3S. The largest absolute Gasteiger partial charge is 0.330 e. The maximum Gasteiger partial charge on any atom is 0.269 e. The molecule has 0 spiro atoms. The SMILES string of the molecule is CCC(CCCN)S(=O)(=O)OC. The van der Waals surface area contributed by atoms with Gasteiger partial charge in [-0.05, 0) is 25.8 Å².